The van der Waals surface area contributed by atoms with Crippen molar-refractivity contribution in [3.8, 4) is 0 Å². The van der Waals surface area contributed by atoms with Crippen LogP contribution in [0.4, 0.5) is 11.8 Å². The van der Waals surface area contributed by atoms with Crippen LogP contribution >= 0.6 is 0 Å². The van der Waals surface area contributed by atoms with Crippen molar-refractivity contribution in [1.82, 2.24) is 9.97 Å². The Balaban J connectivity index is 1.70. The maximum Gasteiger partial charge on any atom is 0.254 e. The first-order chi connectivity index (χ1) is 12.1. The number of hydrogen-bond donors (Lipinski definition) is 4. The minimum absolute atomic E-state index is 0.116. The van der Waals surface area contributed by atoms with Gasteiger partial charge in [-0.1, -0.05) is 0 Å². The molecule has 8 heteroatoms. The van der Waals surface area contributed by atoms with Crippen molar-refractivity contribution in [2.75, 3.05) is 17.2 Å². The van der Waals surface area contributed by atoms with Crippen molar-refractivity contribution in [3.05, 3.63) is 11.8 Å². The van der Waals surface area contributed by atoms with E-state index in [-0.39, 0.29) is 23.8 Å². The lowest BCUT2D eigenvalue weighted by atomic mass is 10.2. The highest BCUT2D eigenvalue weighted by Crippen LogP contribution is 2.27. The maximum absolute atomic E-state index is 11.7. The van der Waals surface area contributed by atoms with Crippen molar-refractivity contribution < 1.29 is 14.6 Å². The lowest BCUT2D eigenvalue weighted by Crippen LogP contribution is -2.30. The molecule has 0 aliphatic heterocycles. The molecular formula is C17H27N5O3. The second kappa shape index (κ2) is 7.97. The molecule has 0 spiro atoms. The molecule has 138 valence electrons. The summed E-state index contributed by atoms with van der Waals surface area (Å²) in [4.78, 5) is 20.3. The molecule has 0 bridgehead atoms. The molecule has 1 aromatic heterocycles. The van der Waals surface area contributed by atoms with E-state index in [0.717, 1.165) is 45.1 Å². The van der Waals surface area contributed by atoms with Gasteiger partial charge in [-0.15, -0.1) is 0 Å². The molecule has 0 aromatic carbocycles. The van der Waals surface area contributed by atoms with Gasteiger partial charge in [-0.3, -0.25) is 4.79 Å². The van der Waals surface area contributed by atoms with Crippen LogP contribution in [0.5, 0.6) is 0 Å². The first-order valence-electron chi connectivity index (χ1n) is 9.06. The third-order valence-electron chi connectivity index (χ3n) is 4.98. The van der Waals surface area contributed by atoms with E-state index in [1.165, 1.54) is 6.20 Å². The number of amides is 1. The number of anilines is 2. The monoisotopic (exact) mass is 349 g/mol. The fourth-order valence-corrected chi connectivity index (χ4v) is 3.67. The second-order valence-electron chi connectivity index (χ2n) is 6.80. The number of carbonyl (C=O) groups excluding carboxylic acids is 1. The van der Waals surface area contributed by atoms with Gasteiger partial charge < -0.3 is 26.2 Å². The van der Waals surface area contributed by atoms with Crippen LogP contribution in [0.25, 0.3) is 0 Å². The van der Waals surface area contributed by atoms with Crippen LogP contribution in [-0.2, 0) is 4.74 Å². The van der Waals surface area contributed by atoms with E-state index in [9.17, 15) is 9.90 Å². The molecule has 1 heterocycles. The van der Waals surface area contributed by atoms with Gasteiger partial charge >= 0.3 is 0 Å². The largest absolute Gasteiger partial charge is 0.391 e. The number of ether oxygens (including phenoxy) is 1. The molecular weight excluding hydrogens is 322 g/mol. The Morgan fingerprint density at radius 1 is 1.36 bits per heavy atom. The Morgan fingerprint density at radius 3 is 2.88 bits per heavy atom. The summed E-state index contributed by atoms with van der Waals surface area (Å²) in [7, 11) is 0. The van der Waals surface area contributed by atoms with Gasteiger partial charge in [-0.05, 0) is 45.4 Å². The Morgan fingerprint density at radius 2 is 2.20 bits per heavy atom. The number of hydrogen-bond acceptors (Lipinski definition) is 7. The van der Waals surface area contributed by atoms with E-state index in [1.807, 2.05) is 6.92 Å². The first-order valence-corrected chi connectivity index (χ1v) is 9.06. The van der Waals surface area contributed by atoms with Gasteiger partial charge in [0.2, 0.25) is 5.95 Å². The molecule has 2 saturated carbocycles. The van der Waals surface area contributed by atoms with E-state index in [4.69, 9.17) is 10.5 Å². The number of aromatic nitrogens is 2. The summed E-state index contributed by atoms with van der Waals surface area (Å²) < 4.78 is 5.66. The van der Waals surface area contributed by atoms with Gasteiger partial charge in [-0.2, -0.15) is 4.98 Å². The van der Waals surface area contributed by atoms with Crippen molar-refractivity contribution in [1.29, 1.82) is 0 Å². The highest BCUT2D eigenvalue weighted by molar-refractivity contribution is 5.97. The van der Waals surface area contributed by atoms with E-state index in [2.05, 4.69) is 20.6 Å². The minimum atomic E-state index is -0.584. The average Bonchev–Trinajstić information content (AvgIpc) is 3.17. The molecule has 25 heavy (non-hydrogen) atoms. The summed E-state index contributed by atoms with van der Waals surface area (Å²) in [5, 5.41) is 16.5. The normalized spacial score (nSPS) is 28.9. The van der Waals surface area contributed by atoms with Gasteiger partial charge in [0.25, 0.3) is 5.91 Å². The predicted molar refractivity (Wildman–Crippen MR) is 94.5 cm³/mol. The zero-order chi connectivity index (χ0) is 17.8. The fourth-order valence-electron chi connectivity index (χ4n) is 3.67. The zero-order valence-electron chi connectivity index (χ0n) is 14.6. The standard InChI is InChI=1S/C17H27N5O3/c1-2-25-11-7-6-10(8-11)20-17-19-9-12(15(18)24)16(22-17)21-13-4-3-5-14(13)23/h9-11,13-14,23H,2-8H2,1H3,(H2,18,24)(H2,19,20,21,22)/t10?,11-,13?,14-/m0/s1. The fraction of sp³-hybridized carbons (Fsp3) is 0.706. The molecule has 2 fully saturated rings. The Bertz CT molecular complexity index is 612. The topological polar surface area (TPSA) is 122 Å². The van der Waals surface area contributed by atoms with Gasteiger partial charge in [-0.25, -0.2) is 4.98 Å². The highest BCUT2D eigenvalue weighted by Gasteiger charge is 2.28. The van der Waals surface area contributed by atoms with Crippen LogP contribution in [0.3, 0.4) is 0 Å². The number of carbonyl (C=O) groups is 1. The van der Waals surface area contributed by atoms with E-state index in [0.29, 0.717) is 11.8 Å². The molecule has 2 unspecified atom stereocenters. The summed E-state index contributed by atoms with van der Waals surface area (Å²) in [5.41, 5.74) is 5.67. The van der Waals surface area contributed by atoms with Crippen molar-refractivity contribution >= 4 is 17.7 Å². The minimum Gasteiger partial charge on any atom is -0.391 e. The molecule has 2 aliphatic rings. The van der Waals surface area contributed by atoms with Gasteiger partial charge in [0.1, 0.15) is 5.82 Å². The van der Waals surface area contributed by atoms with Gasteiger partial charge in [0.15, 0.2) is 0 Å². The number of aliphatic hydroxyl groups is 1. The molecule has 1 amide bonds. The average molecular weight is 349 g/mol. The molecule has 3 rings (SSSR count). The van der Waals surface area contributed by atoms with Crippen LogP contribution in [0, 0.1) is 0 Å². The number of nitrogens with zero attached hydrogens (tertiary/aromatic N) is 2. The molecule has 8 nitrogen and oxygen atoms in total. The maximum atomic E-state index is 11.7. The lowest BCUT2D eigenvalue weighted by molar-refractivity contribution is 0.0679. The zero-order valence-corrected chi connectivity index (χ0v) is 14.6. The van der Waals surface area contributed by atoms with Crippen LogP contribution in [0.2, 0.25) is 0 Å². The summed E-state index contributed by atoms with van der Waals surface area (Å²) in [5.74, 6) is 0.260. The van der Waals surface area contributed by atoms with Crippen molar-refractivity contribution in [2.24, 2.45) is 5.73 Å². The molecule has 5 N–H and O–H groups in total. The van der Waals surface area contributed by atoms with E-state index in [1.54, 1.807) is 0 Å². The highest BCUT2D eigenvalue weighted by atomic mass is 16.5. The smallest absolute Gasteiger partial charge is 0.254 e. The number of rotatable bonds is 7. The van der Waals surface area contributed by atoms with Crippen LogP contribution in [-0.4, -0.2) is 51.9 Å². The number of aliphatic hydroxyl groups excluding tert-OH is 1. The Labute approximate surface area is 147 Å². The summed E-state index contributed by atoms with van der Waals surface area (Å²) in [6.45, 7) is 2.72. The second-order valence-corrected chi connectivity index (χ2v) is 6.80. The van der Waals surface area contributed by atoms with Crippen molar-refractivity contribution in [2.45, 2.75) is 69.7 Å². The first kappa shape index (κ1) is 17.9. The van der Waals surface area contributed by atoms with Crippen molar-refractivity contribution in [3.63, 3.8) is 0 Å². The molecule has 4 atom stereocenters. The SMILES string of the molecule is CCO[C@H]1CCC(Nc2ncc(C(N)=O)c(NC3CCC[C@@H]3O)n2)C1. The van der Waals surface area contributed by atoms with E-state index >= 15 is 0 Å². The summed E-state index contributed by atoms with van der Waals surface area (Å²) in [6.07, 6.45) is 6.75. The number of primary amides is 1. The molecule has 0 radical (unpaired) electrons. The summed E-state index contributed by atoms with van der Waals surface area (Å²) >= 11 is 0. The predicted octanol–water partition coefficient (Wildman–Crippen LogP) is 1.27. The van der Waals surface area contributed by atoms with Gasteiger partial charge in [0.05, 0.1) is 23.8 Å². The third kappa shape index (κ3) is 4.38. The number of nitrogens with one attached hydrogen (secondary N) is 2. The lowest BCUT2D eigenvalue weighted by Gasteiger charge is -2.20. The molecule has 2 aliphatic carbocycles. The Hall–Kier alpha value is -1.93. The quantitative estimate of drug-likeness (QED) is 0.584. The van der Waals surface area contributed by atoms with Crippen LogP contribution < -0.4 is 16.4 Å². The van der Waals surface area contributed by atoms with Crippen LogP contribution in [0.15, 0.2) is 6.20 Å². The van der Waals surface area contributed by atoms with E-state index < -0.39 is 12.0 Å². The van der Waals surface area contributed by atoms with Gasteiger partial charge in [0, 0.05) is 18.8 Å². The summed E-state index contributed by atoms with van der Waals surface area (Å²) in [6, 6.07) is 0.135. The van der Waals surface area contributed by atoms with Crippen LogP contribution in [0.1, 0.15) is 55.8 Å². The Kier molecular flexibility index (Phi) is 5.70. The molecule has 0 saturated heterocycles. The molecule has 1 aromatic rings. The number of nitrogens with two attached hydrogens (primary N) is 1. The third-order valence-corrected chi connectivity index (χ3v) is 4.98.